The van der Waals surface area contributed by atoms with Crippen molar-refractivity contribution in [2.24, 2.45) is 10.9 Å². The van der Waals surface area contributed by atoms with Gasteiger partial charge in [-0.15, -0.1) is 0 Å². The zero-order valence-electron chi connectivity index (χ0n) is 15.8. The summed E-state index contributed by atoms with van der Waals surface area (Å²) >= 11 is 9.56. The van der Waals surface area contributed by atoms with E-state index in [0.717, 1.165) is 5.57 Å². The molecule has 2 amide bonds. The number of carboxylic acid groups (broad SMARTS) is 1. The number of anilines is 1. The quantitative estimate of drug-likeness (QED) is 0.0881. The lowest BCUT2D eigenvalue weighted by Crippen LogP contribution is -2.47. The second-order valence-corrected chi connectivity index (χ2v) is 8.35. The van der Waals surface area contributed by atoms with Crippen molar-refractivity contribution in [2.75, 3.05) is 11.9 Å². The van der Waals surface area contributed by atoms with Crippen molar-refractivity contribution < 1.29 is 19.5 Å². The Labute approximate surface area is 186 Å². The van der Waals surface area contributed by atoms with Crippen LogP contribution in [-0.4, -0.2) is 40.2 Å². The van der Waals surface area contributed by atoms with Crippen LogP contribution in [0.25, 0.3) is 0 Å². The van der Waals surface area contributed by atoms with Crippen LogP contribution in [-0.2, 0) is 9.59 Å². The number of allylic oxidation sites excluding steroid dienone is 2. The number of rotatable bonds is 9. The third-order valence-electron chi connectivity index (χ3n) is 4.04. The minimum Gasteiger partial charge on any atom is -0.481 e. The van der Waals surface area contributed by atoms with Gasteiger partial charge in [0, 0.05) is 29.1 Å². The van der Waals surface area contributed by atoms with Gasteiger partial charge in [-0.3, -0.25) is 14.4 Å². The normalized spacial score (nSPS) is 18.3. The lowest BCUT2D eigenvalue weighted by Gasteiger charge is -2.30. The number of nitrogens with zero attached hydrogens (tertiary/aromatic N) is 1. The van der Waals surface area contributed by atoms with Crippen molar-refractivity contribution >= 4 is 57.3 Å². The van der Waals surface area contributed by atoms with Crippen LogP contribution < -0.4 is 21.8 Å². The minimum absolute atomic E-state index is 0.0336. The van der Waals surface area contributed by atoms with Gasteiger partial charge in [0.15, 0.2) is 0 Å². The number of aliphatic carboxylic acids is 1. The molecule has 1 aromatic carbocycles. The van der Waals surface area contributed by atoms with Gasteiger partial charge >= 0.3 is 5.97 Å². The summed E-state index contributed by atoms with van der Waals surface area (Å²) in [6.07, 6.45) is 5.22. The highest BCUT2D eigenvalue weighted by Crippen LogP contribution is 2.34. The lowest BCUT2D eigenvalue weighted by atomic mass is 9.96. The van der Waals surface area contributed by atoms with Gasteiger partial charge in [-0.1, -0.05) is 39.2 Å². The first-order chi connectivity index (χ1) is 14.2. The fourth-order valence-corrected chi connectivity index (χ4v) is 4.10. The number of carbonyl (C=O) groups is 3. The van der Waals surface area contributed by atoms with E-state index in [1.807, 2.05) is 0 Å². The van der Waals surface area contributed by atoms with Gasteiger partial charge in [0.2, 0.25) is 5.91 Å². The third kappa shape index (κ3) is 7.53. The molecule has 9 nitrogen and oxygen atoms in total. The standard InChI is InChI=1S/C19H21BrClN5O4/c20-19(8-12(4-5-17(28)29)6-14(21)9-19)26-16(27)10-23-18(30)13-2-1-3-15(7-13)24-11-25-22/h1-3,6-7,9,11H,4-5,8,10,22H2,(H,23,30)(H,24,25)(H,26,27)(H,28,29). The number of halogens is 2. The molecule has 0 saturated heterocycles. The van der Waals surface area contributed by atoms with Crippen molar-refractivity contribution in [1.29, 1.82) is 0 Å². The number of alkyl halides is 1. The Bertz CT molecular complexity index is 918. The molecule has 0 fully saturated rings. The first kappa shape index (κ1) is 23.4. The number of hydrogen-bond donors (Lipinski definition) is 5. The summed E-state index contributed by atoms with van der Waals surface area (Å²) in [7, 11) is 0. The highest BCUT2D eigenvalue weighted by atomic mass is 79.9. The minimum atomic E-state index is -0.958. The number of amides is 2. The van der Waals surface area contributed by atoms with Crippen LogP contribution in [0.15, 0.2) is 52.1 Å². The summed E-state index contributed by atoms with van der Waals surface area (Å²) in [6.45, 7) is -0.256. The van der Waals surface area contributed by atoms with Crippen molar-refractivity contribution in [3.05, 3.63) is 52.6 Å². The van der Waals surface area contributed by atoms with Gasteiger partial charge in [0.25, 0.3) is 5.91 Å². The van der Waals surface area contributed by atoms with Crippen LogP contribution >= 0.6 is 27.5 Å². The predicted molar refractivity (Wildman–Crippen MR) is 118 cm³/mol. The number of carboxylic acids is 1. The van der Waals surface area contributed by atoms with Gasteiger partial charge < -0.3 is 26.9 Å². The topological polar surface area (TPSA) is 146 Å². The molecule has 0 aliphatic heterocycles. The SMILES string of the molecule is NN=CNc1cccc(C(=O)NCC(=O)NC2(Br)C=C(Cl)C=C(CCC(=O)O)C2)c1. The Kier molecular flexibility index (Phi) is 8.43. The van der Waals surface area contributed by atoms with Crippen molar-refractivity contribution in [3.8, 4) is 0 Å². The Morgan fingerprint density at radius 2 is 2.13 bits per heavy atom. The Morgan fingerprint density at radius 1 is 1.37 bits per heavy atom. The molecule has 1 aliphatic carbocycles. The van der Waals surface area contributed by atoms with Crippen molar-refractivity contribution in [1.82, 2.24) is 10.6 Å². The van der Waals surface area contributed by atoms with Gasteiger partial charge in [0.1, 0.15) is 10.8 Å². The van der Waals surface area contributed by atoms with Gasteiger partial charge in [-0.2, -0.15) is 5.10 Å². The summed E-state index contributed by atoms with van der Waals surface area (Å²) in [6, 6.07) is 6.60. The molecular weight excluding hydrogens is 478 g/mol. The van der Waals surface area contributed by atoms with E-state index in [9.17, 15) is 14.4 Å². The second-order valence-electron chi connectivity index (χ2n) is 6.50. The Hall–Kier alpha value is -2.85. The first-order valence-corrected chi connectivity index (χ1v) is 10.0. The predicted octanol–water partition coefficient (Wildman–Crippen LogP) is 2.26. The fourth-order valence-electron chi connectivity index (χ4n) is 2.80. The van der Waals surface area contributed by atoms with E-state index in [0.29, 0.717) is 29.1 Å². The van der Waals surface area contributed by atoms with E-state index in [4.69, 9.17) is 22.6 Å². The number of benzene rings is 1. The Morgan fingerprint density at radius 3 is 2.83 bits per heavy atom. The summed E-state index contributed by atoms with van der Waals surface area (Å²) in [5.74, 6) is 3.24. The zero-order valence-corrected chi connectivity index (χ0v) is 18.2. The molecule has 0 heterocycles. The molecule has 0 spiro atoms. The number of nitrogens with two attached hydrogens (primary N) is 1. The van der Waals surface area contributed by atoms with E-state index in [1.165, 1.54) is 6.34 Å². The zero-order chi connectivity index (χ0) is 22.1. The molecule has 0 saturated carbocycles. The molecule has 1 unspecified atom stereocenters. The van der Waals surface area contributed by atoms with E-state index in [-0.39, 0.29) is 13.0 Å². The first-order valence-electron chi connectivity index (χ1n) is 8.87. The molecule has 1 aliphatic rings. The highest BCUT2D eigenvalue weighted by Gasteiger charge is 2.30. The molecular formula is C19H21BrClN5O4. The third-order valence-corrected chi connectivity index (χ3v) is 4.97. The molecule has 0 bridgehead atoms. The maximum atomic E-state index is 12.4. The van der Waals surface area contributed by atoms with Crippen LogP contribution in [0.5, 0.6) is 0 Å². The van der Waals surface area contributed by atoms with Crippen LogP contribution in [0.1, 0.15) is 29.6 Å². The van der Waals surface area contributed by atoms with Crippen LogP contribution in [0.3, 0.4) is 0 Å². The summed E-state index contributed by atoms with van der Waals surface area (Å²) in [5.41, 5.74) is 1.76. The maximum Gasteiger partial charge on any atom is 0.303 e. The second kappa shape index (κ2) is 10.8. The fraction of sp³-hybridized carbons (Fsp3) is 0.263. The molecule has 2 rings (SSSR count). The van der Waals surface area contributed by atoms with Crippen molar-refractivity contribution in [2.45, 2.75) is 23.7 Å². The number of nitrogens with one attached hydrogen (secondary N) is 3. The molecule has 1 aromatic rings. The monoisotopic (exact) mass is 497 g/mol. The Balaban J connectivity index is 1.91. The average Bonchev–Trinajstić information content (AvgIpc) is 2.68. The van der Waals surface area contributed by atoms with Crippen LogP contribution in [0, 0.1) is 0 Å². The highest BCUT2D eigenvalue weighted by molar-refractivity contribution is 9.10. The molecule has 0 radical (unpaired) electrons. The van der Waals surface area contributed by atoms with E-state index in [2.05, 4.69) is 37.0 Å². The van der Waals surface area contributed by atoms with Crippen LogP contribution in [0.4, 0.5) is 5.69 Å². The number of hydrazone groups is 1. The van der Waals surface area contributed by atoms with Crippen molar-refractivity contribution in [3.63, 3.8) is 0 Å². The smallest absolute Gasteiger partial charge is 0.303 e. The van der Waals surface area contributed by atoms with Crippen LogP contribution in [0.2, 0.25) is 0 Å². The summed E-state index contributed by atoms with van der Waals surface area (Å²) in [4.78, 5) is 35.5. The molecule has 160 valence electrons. The molecule has 6 N–H and O–H groups in total. The molecule has 11 heteroatoms. The molecule has 0 aromatic heterocycles. The van der Waals surface area contributed by atoms with E-state index >= 15 is 0 Å². The largest absolute Gasteiger partial charge is 0.481 e. The van der Waals surface area contributed by atoms with E-state index in [1.54, 1.807) is 36.4 Å². The average molecular weight is 499 g/mol. The number of carbonyl (C=O) groups excluding carboxylic acids is 2. The lowest BCUT2D eigenvalue weighted by molar-refractivity contribution is -0.137. The van der Waals surface area contributed by atoms with Gasteiger partial charge in [-0.25, -0.2) is 0 Å². The van der Waals surface area contributed by atoms with Gasteiger partial charge in [0.05, 0.1) is 6.54 Å². The maximum absolute atomic E-state index is 12.4. The molecule has 1 atom stereocenters. The number of hydrogen-bond acceptors (Lipinski definition) is 5. The van der Waals surface area contributed by atoms with Gasteiger partial charge in [-0.05, 0) is 36.8 Å². The summed E-state index contributed by atoms with van der Waals surface area (Å²) < 4.78 is -0.958. The molecule has 30 heavy (non-hydrogen) atoms. The summed E-state index contributed by atoms with van der Waals surface area (Å²) in [5, 5.41) is 20.7. The van der Waals surface area contributed by atoms with E-state index < -0.39 is 22.2 Å².